The molecule has 26 heavy (non-hydrogen) atoms. The Labute approximate surface area is 175 Å². The second kappa shape index (κ2) is 10.7. The molecule has 0 spiro atoms. The fourth-order valence-corrected chi connectivity index (χ4v) is 3.04. The molecule has 1 amide bonds. The Morgan fingerprint density at radius 3 is 2.65 bits per heavy atom. The van der Waals surface area contributed by atoms with E-state index < -0.39 is 0 Å². The van der Waals surface area contributed by atoms with E-state index in [0.29, 0.717) is 24.1 Å². The molecule has 0 aromatic heterocycles. The van der Waals surface area contributed by atoms with E-state index in [1.165, 1.54) is 6.42 Å². The Hall–Kier alpha value is -1.31. The van der Waals surface area contributed by atoms with Gasteiger partial charge >= 0.3 is 0 Å². The van der Waals surface area contributed by atoms with Crippen molar-refractivity contribution in [2.24, 2.45) is 10.4 Å². The van der Waals surface area contributed by atoms with E-state index in [4.69, 9.17) is 4.99 Å². The Morgan fingerprint density at radius 1 is 1.27 bits per heavy atom. The predicted molar refractivity (Wildman–Crippen MR) is 119 cm³/mol. The number of nitrogens with zero attached hydrogens (tertiary/aromatic N) is 2. The maximum Gasteiger partial charge on any atom is 0.251 e. The van der Waals surface area contributed by atoms with Crippen LogP contribution in [0.1, 0.15) is 56.5 Å². The number of guanidine groups is 1. The number of amides is 1. The first kappa shape index (κ1) is 22.7. The summed E-state index contributed by atoms with van der Waals surface area (Å²) >= 11 is 0. The van der Waals surface area contributed by atoms with Crippen molar-refractivity contribution in [3.8, 4) is 0 Å². The molecule has 1 aromatic carbocycles. The molecule has 1 fully saturated rings. The van der Waals surface area contributed by atoms with Gasteiger partial charge in [0.2, 0.25) is 0 Å². The number of hydrogen-bond donors (Lipinski definition) is 2. The molecule has 0 aliphatic carbocycles. The maximum absolute atomic E-state index is 12.1. The van der Waals surface area contributed by atoms with Crippen molar-refractivity contribution in [2.45, 2.75) is 47.1 Å². The second-order valence-corrected chi connectivity index (χ2v) is 7.46. The highest BCUT2D eigenvalue weighted by molar-refractivity contribution is 14.0. The van der Waals surface area contributed by atoms with Crippen molar-refractivity contribution in [1.82, 2.24) is 15.5 Å². The largest absolute Gasteiger partial charge is 0.357 e. The van der Waals surface area contributed by atoms with Gasteiger partial charge in [-0.05, 0) is 42.9 Å². The highest BCUT2D eigenvalue weighted by Crippen LogP contribution is 2.28. The first-order valence-electron chi connectivity index (χ1n) is 9.35. The van der Waals surface area contributed by atoms with Gasteiger partial charge in [0.05, 0.1) is 6.54 Å². The fourth-order valence-electron chi connectivity index (χ4n) is 3.04. The van der Waals surface area contributed by atoms with Crippen LogP contribution in [0.3, 0.4) is 0 Å². The van der Waals surface area contributed by atoms with Gasteiger partial charge in [-0.1, -0.05) is 32.9 Å². The van der Waals surface area contributed by atoms with E-state index in [1.54, 1.807) is 0 Å². The van der Waals surface area contributed by atoms with E-state index in [0.717, 1.165) is 37.6 Å². The predicted octanol–water partition coefficient (Wildman–Crippen LogP) is 3.64. The number of likely N-dealkylation sites (tertiary alicyclic amines) is 1. The van der Waals surface area contributed by atoms with Gasteiger partial charge in [0.25, 0.3) is 5.91 Å². The Bertz CT molecular complexity index is 616. The van der Waals surface area contributed by atoms with Crippen LogP contribution in [-0.4, -0.2) is 42.9 Å². The van der Waals surface area contributed by atoms with Crippen LogP contribution in [0.15, 0.2) is 29.3 Å². The van der Waals surface area contributed by atoms with Crippen LogP contribution in [0.5, 0.6) is 0 Å². The number of hydrogen-bond acceptors (Lipinski definition) is 2. The Morgan fingerprint density at radius 2 is 2.04 bits per heavy atom. The first-order valence-corrected chi connectivity index (χ1v) is 9.35. The summed E-state index contributed by atoms with van der Waals surface area (Å²) in [4.78, 5) is 19.2. The van der Waals surface area contributed by atoms with E-state index in [-0.39, 0.29) is 29.9 Å². The third-order valence-corrected chi connectivity index (χ3v) is 4.45. The fraction of sp³-hybridized carbons (Fsp3) is 0.600. The van der Waals surface area contributed by atoms with Gasteiger partial charge in [-0.15, -0.1) is 24.0 Å². The number of aliphatic imine (C=N–C) groups is 1. The lowest BCUT2D eigenvalue weighted by Gasteiger charge is -2.23. The van der Waals surface area contributed by atoms with Gasteiger partial charge in [0.1, 0.15) is 0 Å². The third-order valence-electron chi connectivity index (χ3n) is 4.45. The van der Waals surface area contributed by atoms with Crippen molar-refractivity contribution >= 4 is 35.8 Å². The van der Waals surface area contributed by atoms with Crippen LogP contribution >= 0.6 is 24.0 Å². The standard InChI is InChI=1S/C20H32N4O.HI/c1-5-11-22-18(25)17-9-7-8-16(13-17)14-23-19(21-6-2)24-12-10-20(3,4)15-24;/h7-9,13H,5-6,10-12,14-15H2,1-4H3,(H,21,23)(H,22,25);1H. The monoisotopic (exact) mass is 472 g/mol. The number of rotatable bonds is 6. The van der Waals surface area contributed by atoms with Gasteiger partial charge < -0.3 is 15.5 Å². The van der Waals surface area contributed by atoms with Crippen molar-refractivity contribution in [3.63, 3.8) is 0 Å². The minimum Gasteiger partial charge on any atom is -0.357 e. The van der Waals surface area contributed by atoms with Gasteiger partial charge in [0, 0.05) is 31.7 Å². The highest BCUT2D eigenvalue weighted by atomic mass is 127. The van der Waals surface area contributed by atoms with Crippen molar-refractivity contribution in [3.05, 3.63) is 35.4 Å². The van der Waals surface area contributed by atoms with Gasteiger partial charge in [-0.2, -0.15) is 0 Å². The molecule has 1 aliphatic heterocycles. The second-order valence-electron chi connectivity index (χ2n) is 7.46. The van der Waals surface area contributed by atoms with Crippen molar-refractivity contribution < 1.29 is 4.79 Å². The molecule has 0 radical (unpaired) electrons. The number of benzene rings is 1. The molecule has 0 saturated carbocycles. The quantitative estimate of drug-likeness (QED) is 0.378. The molecule has 2 N–H and O–H groups in total. The summed E-state index contributed by atoms with van der Waals surface area (Å²) in [6.45, 7) is 12.9. The number of halogens is 1. The molecule has 6 heteroatoms. The maximum atomic E-state index is 12.1. The van der Waals surface area contributed by atoms with E-state index in [2.05, 4.69) is 36.3 Å². The third kappa shape index (κ3) is 6.78. The molecule has 0 unspecified atom stereocenters. The van der Waals surface area contributed by atoms with E-state index >= 15 is 0 Å². The average Bonchev–Trinajstić information content (AvgIpc) is 2.96. The normalized spacial score (nSPS) is 16.2. The van der Waals surface area contributed by atoms with Crippen molar-refractivity contribution in [1.29, 1.82) is 0 Å². The van der Waals surface area contributed by atoms with Gasteiger partial charge in [0.15, 0.2) is 5.96 Å². The van der Waals surface area contributed by atoms with Gasteiger partial charge in [-0.25, -0.2) is 4.99 Å². The zero-order valence-corrected chi connectivity index (χ0v) is 18.8. The van der Waals surface area contributed by atoms with Crippen LogP contribution in [0.25, 0.3) is 0 Å². The number of nitrogens with one attached hydrogen (secondary N) is 2. The lowest BCUT2D eigenvalue weighted by atomic mass is 9.93. The molecule has 1 aromatic rings. The van der Waals surface area contributed by atoms with Crippen LogP contribution < -0.4 is 10.6 Å². The van der Waals surface area contributed by atoms with Crippen LogP contribution in [0, 0.1) is 5.41 Å². The van der Waals surface area contributed by atoms with Gasteiger partial charge in [-0.3, -0.25) is 4.79 Å². The minimum absolute atomic E-state index is 0. The van der Waals surface area contributed by atoms with Crippen LogP contribution in [-0.2, 0) is 6.54 Å². The molecule has 5 nitrogen and oxygen atoms in total. The minimum atomic E-state index is -0.0131. The summed E-state index contributed by atoms with van der Waals surface area (Å²) in [5.41, 5.74) is 2.10. The molecule has 146 valence electrons. The van der Waals surface area contributed by atoms with E-state index in [9.17, 15) is 4.79 Å². The summed E-state index contributed by atoms with van der Waals surface area (Å²) in [6.07, 6.45) is 2.12. The molecule has 1 saturated heterocycles. The molecule has 0 bridgehead atoms. The number of carbonyl (C=O) groups excluding carboxylic acids is 1. The Kier molecular flexibility index (Phi) is 9.39. The molecule has 1 heterocycles. The highest BCUT2D eigenvalue weighted by Gasteiger charge is 2.30. The molecular weight excluding hydrogens is 439 g/mol. The van der Waals surface area contributed by atoms with Crippen molar-refractivity contribution in [2.75, 3.05) is 26.2 Å². The molecular formula is C20H33IN4O. The zero-order valence-electron chi connectivity index (χ0n) is 16.5. The smallest absolute Gasteiger partial charge is 0.251 e. The zero-order chi connectivity index (χ0) is 18.3. The average molecular weight is 472 g/mol. The number of carbonyl (C=O) groups is 1. The first-order chi connectivity index (χ1) is 11.9. The molecule has 1 aliphatic rings. The van der Waals surface area contributed by atoms with E-state index in [1.807, 2.05) is 31.2 Å². The molecule has 0 atom stereocenters. The summed E-state index contributed by atoms with van der Waals surface area (Å²) < 4.78 is 0. The summed E-state index contributed by atoms with van der Waals surface area (Å²) in [6, 6.07) is 7.74. The van der Waals surface area contributed by atoms with Crippen LogP contribution in [0.2, 0.25) is 0 Å². The SMILES string of the molecule is CCCNC(=O)c1cccc(CN=C(NCC)N2CCC(C)(C)C2)c1.I. The van der Waals surface area contributed by atoms with Crippen LogP contribution in [0.4, 0.5) is 0 Å². The molecule has 2 rings (SSSR count). The summed E-state index contributed by atoms with van der Waals surface area (Å²) in [5.74, 6) is 0.954. The Balaban J connectivity index is 0.00000338. The summed E-state index contributed by atoms with van der Waals surface area (Å²) in [5, 5.41) is 6.31. The topological polar surface area (TPSA) is 56.7 Å². The summed E-state index contributed by atoms with van der Waals surface area (Å²) in [7, 11) is 0. The lowest BCUT2D eigenvalue weighted by molar-refractivity contribution is 0.0953. The lowest BCUT2D eigenvalue weighted by Crippen LogP contribution is -2.40.